The van der Waals surface area contributed by atoms with Gasteiger partial charge in [-0.1, -0.05) is 12.1 Å². The van der Waals surface area contributed by atoms with Crippen LogP contribution in [0.5, 0.6) is 0 Å². The fraction of sp³-hybridized carbons (Fsp3) is 0.375. The van der Waals surface area contributed by atoms with Crippen molar-refractivity contribution in [2.75, 3.05) is 6.54 Å². The molecule has 6 nitrogen and oxygen atoms in total. The molecule has 1 aromatic carbocycles. The van der Waals surface area contributed by atoms with Crippen LogP contribution in [-0.4, -0.2) is 24.5 Å². The maximum Gasteiger partial charge on any atom is 0.215 e. The summed E-state index contributed by atoms with van der Waals surface area (Å²) < 4.78 is 29.2. The molecule has 23 heavy (non-hydrogen) atoms. The molecule has 2 heterocycles. The van der Waals surface area contributed by atoms with Crippen molar-refractivity contribution in [3.05, 3.63) is 53.6 Å². The topological polar surface area (TPSA) is 87.8 Å². The number of nitriles is 1. The molecule has 0 saturated heterocycles. The molecule has 1 unspecified atom stereocenters. The number of fused-ring (bicyclic) bond motifs is 1. The standard InChI is InChI=1S/C16H18N4O2S/c17-9-13-2-1-3-14(8-13)12-23(21,22)19-10-15-4-5-16-18-6-7-20(16)11-15/h1-3,6-8,15,19H,4-5,10-12H2. The van der Waals surface area contributed by atoms with Gasteiger partial charge in [-0.25, -0.2) is 18.1 Å². The molecule has 2 aromatic rings. The second kappa shape index (κ2) is 6.52. The van der Waals surface area contributed by atoms with Gasteiger partial charge < -0.3 is 4.57 Å². The van der Waals surface area contributed by atoms with E-state index in [-0.39, 0.29) is 11.7 Å². The summed E-state index contributed by atoms with van der Waals surface area (Å²) in [6.07, 6.45) is 5.53. The predicted octanol–water partition coefficient (Wildman–Crippen LogP) is 1.44. The Morgan fingerprint density at radius 2 is 2.30 bits per heavy atom. The van der Waals surface area contributed by atoms with Crippen molar-refractivity contribution in [1.82, 2.24) is 14.3 Å². The summed E-state index contributed by atoms with van der Waals surface area (Å²) in [4.78, 5) is 4.27. The third-order valence-electron chi connectivity index (χ3n) is 4.04. The molecule has 3 rings (SSSR count). The SMILES string of the molecule is N#Cc1cccc(CS(=O)(=O)NCC2CCc3nccn3C2)c1. The number of aryl methyl sites for hydroxylation is 1. The number of nitrogens with one attached hydrogen (secondary N) is 1. The third kappa shape index (κ3) is 3.97. The van der Waals surface area contributed by atoms with Gasteiger partial charge in [0, 0.05) is 31.9 Å². The third-order valence-corrected chi connectivity index (χ3v) is 5.36. The van der Waals surface area contributed by atoms with E-state index in [1.807, 2.05) is 12.3 Å². The Labute approximate surface area is 135 Å². The molecule has 0 saturated carbocycles. The number of nitrogens with zero attached hydrogens (tertiary/aromatic N) is 3. The van der Waals surface area contributed by atoms with Crippen molar-refractivity contribution >= 4 is 10.0 Å². The van der Waals surface area contributed by atoms with E-state index in [9.17, 15) is 8.42 Å². The highest BCUT2D eigenvalue weighted by molar-refractivity contribution is 7.88. The summed E-state index contributed by atoms with van der Waals surface area (Å²) in [6.45, 7) is 1.22. The van der Waals surface area contributed by atoms with E-state index in [0.29, 0.717) is 17.7 Å². The number of benzene rings is 1. The fourth-order valence-electron chi connectivity index (χ4n) is 2.85. The van der Waals surface area contributed by atoms with E-state index in [4.69, 9.17) is 5.26 Å². The Kier molecular flexibility index (Phi) is 4.46. The number of sulfonamides is 1. The Balaban J connectivity index is 1.58. The van der Waals surface area contributed by atoms with E-state index in [2.05, 4.69) is 14.3 Å². The zero-order valence-electron chi connectivity index (χ0n) is 12.6. The predicted molar refractivity (Wildman–Crippen MR) is 85.8 cm³/mol. The van der Waals surface area contributed by atoms with Gasteiger partial charge in [0.05, 0.1) is 17.4 Å². The van der Waals surface area contributed by atoms with Crippen LogP contribution >= 0.6 is 0 Å². The molecule has 0 fully saturated rings. The van der Waals surface area contributed by atoms with E-state index in [1.54, 1.807) is 30.5 Å². The van der Waals surface area contributed by atoms with Gasteiger partial charge in [0.1, 0.15) is 5.82 Å². The van der Waals surface area contributed by atoms with Gasteiger partial charge in [0.25, 0.3) is 0 Å². The second-order valence-corrected chi connectivity index (χ2v) is 7.63. The van der Waals surface area contributed by atoms with Crippen LogP contribution in [0.15, 0.2) is 36.7 Å². The summed E-state index contributed by atoms with van der Waals surface area (Å²) in [6, 6.07) is 8.71. The lowest BCUT2D eigenvalue weighted by Gasteiger charge is -2.23. The van der Waals surface area contributed by atoms with Crippen LogP contribution in [-0.2, 0) is 28.7 Å². The molecular formula is C16H18N4O2S. The van der Waals surface area contributed by atoms with Crippen molar-refractivity contribution in [2.45, 2.75) is 25.1 Å². The summed E-state index contributed by atoms with van der Waals surface area (Å²) in [5.74, 6) is 1.24. The molecular weight excluding hydrogens is 312 g/mol. The lowest BCUT2D eigenvalue weighted by atomic mass is 10.00. The quantitative estimate of drug-likeness (QED) is 0.898. The first-order chi connectivity index (χ1) is 11.1. The molecule has 0 bridgehead atoms. The van der Waals surface area contributed by atoms with Crippen molar-refractivity contribution in [2.24, 2.45) is 5.92 Å². The van der Waals surface area contributed by atoms with Gasteiger partial charge in [-0.2, -0.15) is 5.26 Å². The van der Waals surface area contributed by atoms with Crippen LogP contribution in [0, 0.1) is 17.2 Å². The Morgan fingerprint density at radius 3 is 3.13 bits per heavy atom. The molecule has 0 radical (unpaired) electrons. The van der Waals surface area contributed by atoms with Crippen LogP contribution in [0.3, 0.4) is 0 Å². The minimum Gasteiger partial charge on any atom is -0.335 e. The molecule has 1 aliphatic rings. The fourth-order valence-corrected chi connectivity index (χ4v) is 4.06. The number of rotatable bonds is 5. The molecule has 0 spiro atoms. The smallest absolute Gasteiger partial charge is 0.215 e. The first kappa shape index (κ1) is 15.7. The largest absolute Gasteiger partial charge is 0.335 e. The molecule has 7 heteroatoms. The highest BCUT2D eigenvalue weighted by Gasteiger charge is 2.21. The summed E-state index contributed by atoms with van der Waals surface area (Å²) >= 11 is 0. The first-order valence-corrected chi connectivity index (χ1v) is 9.17. The summed E-state index contributed by atoms with van der Waals surface area (Å²) in [5, 5.41) is 8.87. The molecule has 0 aliphatic carbocycles. The summed E-state index contributed by atoms with van der Waals surface area (Å²) in [5.41, 5.74) is 1.09. The van der Waals surface area contributed by atoms with Crippen LogP contribution in [0.2, 0.25) is 0 Å². The van der Waals surface area contributed by atoms with Crippen molar-refractivity contribution in [1.29, 1.82) is 5.26 Å². The molecule has 1 atom stereocenters. The monoisotopic (exact) mass is 330 g/mol. The van der Waals surface area contributed by atoms with Crippen molar-refractivity contribution < 1.29 is 8.42 Å². The lowest BCUT2D eigenvalue weighted by Crippen LogP contribution is -2.34. The van der Waals surface area contributed by atoms with Crippen LogP contribution in [0.25, 0.3) is 0 Å². The number of imidazole rings is 1. The second-order valence-electron chi connectivity index (χ2n) is 5.82. The normalized spacial score (nSPS) is 17.4. The Bertz CT molecular complexity index is 836. The van der Waals surface area contributed by atoms with E-state index >= 15 is 0 Å². The lowest BCUT2D eigenvalue weighted by molar-refractivity contribution is 0.363. The van der Waals surface area contributed by atoms with E-state index in [0.717, 1.165) is 25.2 Å². The zero-order valence-corrected chi connectivity index (χ0v) is 13.5. The number of hydrogen-bond acceptors (Lipinski definition) is 4. The molecule has 1 aliphatic heterocycles. The first-order valence-electron chi connectivity index (χ1n) is 7.52. The van der Waals surface area contributed by atoms with E-state index in [1.165, 1.54) is 0 Å². The van der Waals surface area contributed by atoms with Gasteiger partial charge in [0.2, 0.25) is 10.0 Å². The maximum atomic E-state index is 12.2. The Morgan fingerprint density at radius 1 is 1.43 bits per heavy atom. The number of hydrogen-bond donors (Lipinski definition) is 1. The highest BCUT2D eigenvalue weighted by atomic mass is 32.2. The molecule has 1 N–H and O–H groups in total. The molecule has 1 aromatic heterocycles. The average Bonchev–Trinajstić information content (AvgIpc) is 3.00. The maximum absolute atomic E-state index is 12.2. The summed E-state index contributed by atoms with van der Waals surface area (Å²) in [7, 11) is -3.41. The molecule has 0 amide bonds. The van der Waals surface area contributed by atoms with Gasteiger partial charge in [-0.05, 0) is 30.0 Å². The van der Waals surface area contributed by atoms with Crippen molar-refractivity contribution in [3.63, 3.8) is 0 Å². The number of aromatic nitrogens is 2. The van der Waals surface area contributed by atoms with Gasteiger partial charge in [-0.3, -0.25) is 0 Å². The average molecular weight is 330 g/mol. The van der Waals surface area contributed by atoms with Gasteiger partial charge >= 0.3 is 0 Å². The minimum atomic E-state index is -3.41. The highest BCUT2D eigenvalue weighted by Crippen LogP contribution is 2.18. The van der Waals surface area contributed by atoms with E-state index < -0.39 is 10.0 Å². The minimum absolute atomic E-state index is 0.106. The Hall–Kier alpha value is -2.17. The van der Waals surface area contributed by atoms with Gasteiger partial charge in [-0.15, -0.1) is 0 Å². The zero-order chi connectivity index (χ0) is 16.3. The van der Waals surface area contributed by atoms with Crippen LogP contribution in [0.4, 0.5) is 0 Å². The van der Waals surface area contributed by atoms with Crippen LogP contribution < -0.4 is 4.72 Å². The molecule has 120 valence electrons. The van der Waals surface area contributed by atoms with Crippen LogP contribution in [0.1, 0.15) is 23.4 Å². The van der Waals surface area contributed by atoms with Gasteiger partial charge in [0.15, 0.2) is 0 Å². The van der Waals surface area contributed by atoms with Crippen molar-refractivity contribution in [3.8, 4) is 6.07 Å².